The van der Waals surface area contributed by atoms with Gasteiger partial charge in [0.05, 0.1) is 25.4 Å². The molecule has 0 fully saturated rings. The summed E-state index contributed by atoms with van der Waals surface area (Å²) in [5.41, 5.74) is 0. The second-order valence-corrected chi connectivity index (χ2v) is 18.6. The number of carbonyl (C=O) groups excluding carboxylic acids is 2. The van der Waals surface area contributed by atoms with Crippen LogP contribution in [-0.4, -0.2) is 47.4 Å². The Morgan fingerprint density at radius 3 is 1.28 bits per heavy atom. The Kier molecular flexibility index (Phi) is 49.6. The maximum atomic E-state index is 12.5. The van der Waals surface area contributed by atoms with E-state index in [1.165, 1.54) is 186 Å². The SMILES string of the molecule is CCCCC/C=C\C/C=C\CCCCCCCC(=O)OCCCCCCCCCCCC(=O)NC(CO)C(O)CCCCCCCCCCCCCCCCCCCCCC. The molecule has 0 aromatic carbocycles. The van der Waals surface area contributed by atoms with Gasteiger partial charge >= 0.3 is 5.97 Å². The molecule has 3 N–H and O–H groups in total. The fourth-order valence-electron chi connectivity index (χ4n) is 8.32. The van der Waals surface area contributed by atoms with Crippen molar-refractivity contribution >= 4 is 11.9 Å². The first kappa shape index (κ1) is 59.3. The number of amides is 1. The monoisotopic (exact) mass is 860 g/mol. The molecule has 1 amide bonds. The van der Waals surface area contributed by atoms with Crippen LogP contribution in [-0.2, 0) is 14.3 Å². The van der Waals surface area contributed by atoms with Crippen LogP contribution < -0.4 is 5.32 Å². The van der Waals surface area contributed by atoms with Crippen molar-refractivity contribution in [2.45, 2.75) is 302 Å². The van der Waals surface area contributed by atoms with E-state index >= 15 is 0 Å². The lowest BCUT2D eigenvalue weighted by atomic mass is 10.0. The van der Waals surface area contributed by atoms with Crippen LogP contribution in [0, 0.1) is 0 Å². The van der Waals surface area contributed by atoms with E-state index < -0.39 is 12.1 Å². The number of carbonyl (C=O) groups is 2. The molecule has 2 atom stereocenters. The molecule has 6 nitrogen and oxygen atoms in total. The predicted molar refractivity (Wildman–Crippen MR) is 264 cm³/mol. The topological polar surface area (TPSA) is 95.9 Å². The highest BCUT2D eigenvalue weighted by Crippen LogP contribution is 2.17. The fourth-order valence-corrected chi connectivity index (χ4v) is 8.32. The van der Waals surface area contributed by atoms with Gasteiger partial charge in [-0.1, -0.05) is 244 Å². The van der Waals surface area contributed by atoms with Crippen LogP contribution >= 0.6 is 0 Å². The Labute approximate surface area is 380 Å². The molecule has 0 rings (SSSR count). The molecule has 0 aliphatic carbocycles. The molecule has 0 saturated carbocycles. The second-order valence-electron chi connectivity index (χ2n) is 18.6. The van der Waals surface area contributed by atoms with Crippen LogP contribution in [0.1, 0.15) is 290 Å². The summed E-state index contributed by atoms with van der Waals surface area (Å²) in [5.74, 6) is -0.100. The van der Waals surface area contributed by atoms with E-state index in [1.54, 1.807) is 0 Å². The van der Waals surface area contributed by atoms with Crippen LogP contribution in [0.3, 0.4) is 0 Å². The molecule has 0 spiro atoms. The third-order valence-electron chi connectivity index (χ3n) is 12.5. The fraction of sp³-hybridized carbons (Fsp3) is 0.891. The first-order valence-electron chi connectivity index (χ1n) is 27.1. The zero-order valence-electron chi connectivity index (χ0n) is 40.9. The molecule has 360 valence electrons. The van der Waals surface area contributed by atoms with E-state index in [0.29, 0.717) is 25.9 Å². The minimum absolute atomic E-state index is 0.0383. The summed E-state index contributed by atoms with van der Waals surface area (Å²) in [7, 11) is 0. The van der Waals surface area contributed by atoms with Crippen molar-refractivity contribution < 1.29 is 24.5 Å². The van der Waals surface area contributed by atoms with E-state index in [-0.39, 0.29) is 18.5 Å². The van der Waals surface area contributed by atoms with Gasteiger partial charge in [0.1, 0.15) is 0 Å². The van der Waals surface area contributed by atoms with Crippen molar-refractivity contribution in [2.24, 2.45) is 0 Å². The van der Waals surface area contributed by atoms with Gasteiger partial charge in [0.15, 0.2) is 0 Å². The lowest BCUT2D eigenvalue weighted by Crippen LogP contribution is -2.45. The van der Waals surface area contributed by atoms with E-state index in [4.69, 9.17) is 4.74 Å². The minimum atomic E-state index is -0.683. The number of hydrogen-bond donors (Lipinski definition) is 3. The highest BCUT2D eigenvalue weighted by Gasteiger charge is 2.20. The van der Waals surface area contributed by atoms with Gasteiger partial charge in [-0.2, -0.15) is 0 Å². The number of aliphatic hydroxyl groups excluding tert-OH is 2. The van der Waals surface area contributed by atoms with E-state index in [2.05, 4.69) is 43.5 Å². The normalized spacial score (nSPS) is 12.8. The van der Waals surface area contributed by atoms with Crippen molar-refractivity contribution in [1.29, 1.82) is 0 Å². The number of unbranched alkanes of at least 4 members (excludes halogenated alkanes) is 35. The number of ether oxygens (including phenoxy) is 1. The lowest BCUT2D eigenvalue weighted by Gasteiger charge is -2.22. The van der Waals surface area contributed by atoms with Crippen LogP contribution in [0.15, 0.2) is 24.3 Å². The Bertz CT molecular complexity index is 951. The molecular formula is C55H105NO5. The Balaban J connectivity index is 3.49. The van der Waals surface area contributed by atoms with E-state index in [9.17, 15) is 19.8 Å². The highest BCUT2D eigenvalue weighted by atomic mass is 16.5. The Morgan fingerprint density at radius 2 is 0.820 bits per heavy atom. The molecule has 0 saturated heterocycles. The number of nitrogens with one attached hydrogen (secondary N) is 1. The molecule has 0 aliphatic heterocycles. The summed E-state index contributed by atoms with van der Waals surface area (Å²) >= 11 is 0. The molecule has 0 heterocycles. The largest absolute Gasteiger partial charge is 0.466 e. The van der Waals surface area contributed by atoms with Gasteiger partial charge < -0.3 is 20.3 Å². The van der Waals surface area contributed by atoms with Crippen LogP contribution in [0.2, 0.25) is 0 Å². The maximum Gasteiger partial charge on any atom is 0.305 e. The zero-order chi connectivity index (χ0) is 44.4. The Hall–Kier alpha value is -1.66. The Morgan fingerprint density at radius 1 is 0.459 bits per heavy atom. The van der Waals surface area contributed by atoms with Gasteiger partial charge in [-0.15, -0.1) is 0 Å². The predicted octanol–water partition coefficient (Wildman–Crippen LogP) is 16.3. The van der Waals surface area contributed by atoms with E-state index in [1.807, 2.05) is 0 Å². The van der Waals surface area contributed by atoms with Crippen LogP contribution in [0.5, 0.6) is 0 Å². The summed E-state index contributed by atoms with van der Waals surface area (Å²) in [5, 5.41) is 23.3. The molecule has 0 radical (unpaired) electrons. The van der Waals surface area contributed by atoms with Gasteiger partial charge in [-0.3, -0.25) is 9.59 Å². The maximum absolute atomic E-state index is 12.5. The van der Waals surface area contributed by atoms with Gasteiger partial charge in [0, 0.05) is 12.8 Å². The van der Waals surface area contributed by atoms with Crippen molar-refractivity contribution in [3.8, 4) is 0 Å². The van der Waals surface area contributed by atoms with E-state index in [0.717, 1.165) is 70.6 Å². The number of aliphatic hydroxyl groups is 2. The average molecular weight is 860 g/mol. The van der Waals surface area contributed by atoms with Gasteiger partial charge in [0.25, 0.3) is 0 Å². The quantitative estimate of drug-likeness (QED) is 0.0322. The van der Waals surface area contributed by atoms with Gasteiger partial charge in [-0.25, -0.2) is 0 Å². The summed E-state index contributed by atoms with van der Waals surface area (Å²) in [6.45, 7) is 4.87. The molecule has 0 aromatic heterocycles. The number of rotatable bonds is 50. The third kappa shape index (κ3) is 47.7. The van der Waals surface area contributed by atoms with Crippen molar-refractivity contribution in [3.05, 3.63) is 24.3 Å². The van der Waals surface area contributed by atoms with Crippen molar-refractivity contribution in [2.75, 3.05) is 13.2 Å². The highest BCUT2D eigenvalue weighted by molar-refractivity contribution is 5.76. The standard InChI is InChI=1S/C55H105NO5/c1-3-5-7-9-11-13-15-17-19-20-21-22-23-25-26-28-31-35-39-43-47-53(58)52(51-57)56-54(59)48-44-40-36-32-30-34-38-42-46-50-61-55(60)49-45-41-37-33-29-27-24-18-16-14-12-10-8-6-4-2/h12,14,18,24,52-53,57-58H,3-11,13,15-17,19-23,25-51H2,1-2H3,(H,56,59)/b14-12-,24-18-. The van der Waals surface area contributed by atoms with Crippen LogP contribution in [0.25, 0.3) is 0 Å². The summed E-state index contributed by atoms with van der Waals surface area (Å²) in [6, 6.07) is -0.563. The third-order valence-corrected chi connectivity index (χ3v) is 12.5. The lowest BCUT2D eigenvalue weighted by molar-refractivity contribution is -0.143. The summed E-state index contributed by atoms with van der Waals surface area (Å²) in [6.07, 6.45) is 60.1. The summed E-state index contributed by atoms with van der Waals surface area (Å²) < 4.78 is 5.45. The molecule has 0 aromatic rings. The number of allylic oxidation sites excluding steroid dienone is 4. The summed E-state index contributed by atoms with van der Waals surface area (Å²) in [4.78, 5) is 24.5. The first-order valence-corrected chi connectivity index (χ1v) is 27.1. The van der Waals surface area contributed by atoms with Crippen molar-refractivity contribution in [3.63, 3.8) is 0 Å². The van der Waals surface area contributed by atoms with Gasteiger partial charge in [-0.05, 0) is 57.8 Å². The molecule has 0 aliphatic rings. The number of hydrogen-bond acceptors (Lipinski definition) is 5. The molecular weight excluding hydrogens is 755 g/mol. The van der Waals surface area contributed by atoms with Gasteiger partial charge in [0.2, 0.25) is 5.91 Å². The smallest absolute Gasteiger partial charge is 0.305 e. The zero-order valence-corrected chi connectivity index (χ0v) is 40.9. The van der Waals surface area contributed by atoms with Crippen LogP contribution in [0.4, 0.5) is 0 Å². The van der Waals surface area contributed by atoms with Crippen molar-refractivity contribution in [1.82, 2.24) is 5.32 Å². The first-order chi connectivity index (χ1) is 30.0. The second kappa shape index (κ2) is 51.0. The minimum Gasteiger partial charge on any atom is -0.466 e. The average Bonchev–Trinajstić information content (AvgIpc) is 3.26. The molecule has 0 bridgehead atoms. The molecule has 6 heteroatoms. The molecule has 2 unspecified atom stereocenters. The number of esters is 1. The molecule has 61 heavy (non-hydrogen) atoms.